The van der Waals surface area contributed by atoms with Crippen molar-refractivity contribution in [1.82, 2.24) is 10.6 Å². The molecule has 18 heteroatoms. The molecule has 1 saturated heterocycles. The second-order valence-corrected chi connectivity index (χ2v) is 50.4. The predicted octanol–water partition coefficient (Wildman–Crippen LogP) is 25.3. The van der Waals surface area contributed by atoms with Crippen molar-refractivity contribution in [3.8, 4) is 11.1 Å². The average molecular weight is 1650 g/mol. The van der Waals surface area contributed by atoms with Crippen molar-refractivity contribution in [3.05, 3.63) is 193 Å². The van der Waals surface area contributed by atoms with Gasteiger partial charge in [0.15, 0.2) is 28.7 Å². The Hall–Kier alpha value is -6.57. The molecule has 6 aromatic rings. The molecule has 0 bridgehead atoms. The first-order chi connectivity index (χ1) is 53.1. The number of rotatable bonds is 26. The van der Waals surface area contributed by atoms with Crippen LogP contribution >= 0.6 is 11.6 Å². The topological polar surface area (TPSA) is 166 Å². The summed E-state index contributed by atoms with van der Waals surface area (Å²) in [5.74, 6) is -1.15. The van der Waals surface area contributed by atoms with Crippen molar-refractivity contribution in [1.29, 1.82) is 0 Å². The van der Waals surface area contributed by atoms with Gasteiger partial charge in [-0.3, -0.25) is 0 Å². The van der Waals surface area contributed by atoms with E-state index in [2.05, 4.69) is 281 Å². The molecular formula is C98H150BClN2O12Si2. The Morgan fingerprint density at radius 1 is 0.448 bits per heavy atom. The van der Waals surface area contributed by atoms with Gasteiger partial charge < -0.3 is 47.7 Å². The first-order valence-electron chi connectivity index (χ1n) is 42.3. The number of hydrogen-bond acceptors (Lipinski definition) is 12. The number of alkyl carbamates (subject to hydrolysis) is 2. The molecule has 2 unspecified atom stereocenters. The van der Waals surface area contributed by atoms with Crippen LogP contribution in [0.1, 0.15) is 297 Å². The van der Waals surface area contributed by atoms with Crippen molar-refractivity contribution in [3.63, 3.8) is 0 Å². The Bertz CT molecular complexity index is 4240. The Balaban J connectivity index is 0.000000340. The SMILES string of the molecule is CCC(CC)(c1ccc(CCC(O[Si](C)(C)C(C)(C)C)C(C)(C)C)c(C)c1)c1ccc(-c2ccc([C@H](NC(=O)OC(C)(C)C)C(=O)OC)cc2)c(C)c1.CCC(CC)(c1ccc(CCC(O[Si](C)(C)C(C)(C)C)C(C)(C)C)c(C)c1)c1ccc(B2OC(C)(C)C(C)(C)O2)c(C)c1.COC(=O)[C@@H](NC(=O)OC(C)(C)C)c1ccc(Cl)cc1. The van der Waals surface area contributed by atoms with E-state index in [1.54, 1.807) is 65.8 Å². The minimum Gasteiger partial charge on any atom is -0.467 e. The standard InChI is InChI=1S/C46H69NO5Si.C38H63BO3Si.C14H18ClNO4/c1-17-46(18-2,36-25-23-33(31(3)29-36)24-28-39(43(5,6)7)52-53(15,16)45(11,12)13)37-26-27-38(32(4)30-37)34-19-21-35(22-20-34)40(41(48)50-14)47-42(49)51-44(8,9)10;1-17-38(18-2,31-22-23-32(28(4)26-31)39-41-36(11,12)37(13,14)42-39)30-21-19-29(27(3)25-30)20-24-33(34(5,6)7)40-43(15,16)35(8,9)10;1-14(2,3)20-13(18)16-11(12(17)19-4)9-5-7-10(15)8-6-9/h19-23,25-27,29-30,39-40H,17-18,24,28H2,1-16H3,(H,47,49);19,21-23,25-26,33H,17-18,20,24H2,1-16H3;5-8,11H,1-4H3,(H,16,18)/t39?,40-;;11-/m0.0/s1. The molecule has 0 saturated carbocycles. The predicted molar refractivity (Wildman–Crippen MR) is 488 cm³/mol. The van der Waals surface area contributed by atoms with E-state index in [1.807, 2.05) is 24.3 Å². The van der Waals surface area contributed by atoms with E-state index in [4.69, 9.17) is 44.0 Å². The summed E-state index contributed by atoms with van der Waals surface area (Å²) >= 11 is 5.79. The van der Waals surface area contributed by atoms with E-state index in [1.165, 1.54) is 69.9 Å². The van der Waals surface area contributed by atoms with Gasteiger partial charge in [0.1, 0.15) is 11.2 Å². The highest BCUT2D eigenvalue weighted by molar-refractivity contribution is 6.74. The number of benzene rings is 6. The van der Waals surface area contributed by atoms with Crippen LogP contribution in [0, 0.1) is 38.5 Å². The second kappa shape index (κ2) is 39.3. The largest absolute Gasteiger partial charge is 0.495 e. The first-order valence-corrected chi connectivity index (χ1v) is 48.5. The number of methoxy groups -OCH3 is 2. The number of ether oxygens (including phenoxy) is 4. The third kappa shape index (κ3) is 26.0. The lowest BCUT2D eigenvalue weighted by atomic mass is 9.67. The monoisotopic (exact) mass is 1650 g/mol. The summed E-state index contributed by atoms with van der Waals surface area (Å²) in [5.41, 5.74) is 15.9. The quantitative estimate of drug-likeness (QED) is 0.0300. The number of halogens is 1. The van der Waals surface area contributed by atoms with Crippen molar-refractivity contribution in [2.45, 2.75) is 353 Å². The van der Waals surface area contributed by atoms with Crippen molar-refractivity contribution in [2.24, 2.45) is 10.8 Å². The van der Waals surface area contributed by atoms with Gasteiger partial charge in [0.2, 0.25) is 0 Å². The van der Waals surface area contributed by atoms with Crippen molar-refractivity contribution in [2.75, 3.05) is 14.2 Å². The lowest BCUT2D eigenvalue weighted by Crippen LogP contribution is -2.47. The van der Waals surface area contributed by atoms with Crippen molar-refractivity contribution >= 4 is 64.9 Å². The van der Waals surface area contributed by atoms with Gasteiger partial charge in [-0.15, -0.1) is 0 Å². The minimum absolute atomic E-state index is 0.0398. The number of aryl methyl sites for hydroxylation is 6. The molecule has 116 heavy (non-hydrogen) atoms. The Kier molecular flexibility index (Phi) is 33.9. The molecule has 0 spiro atoms. The molecule has 7 rings (SSSR count). The molecule has 4 atom stereocenters. The maximum Gasteiger partial charge on any atom is 0.495 e. The summed E-state index contributed by atoms with van der Waals surface area (Å²) < 4.78 is 47.0. The van der Waals surface area contributed by atoms with E-state index in [0.717, 1.165) is 68.0 Å². The highest BCUT2D eigenvalue weighted by Gasteiger charge is 2.52. The number of carbonyl (C=O) groups is 4. The molecule has 14 nitrogen and oxygen atoms in total. The van der Waals surface area contributed by atoms with Gasteiger partial charge in [-0.25, -0.2) is 19.2 Å². The summed E-state index contributed by atoms with van der Waals surface area (Å²) in [6, 6.07) is 40.5. The average Bonchev–Trinajstić information content (AvgIpc) is 1.28. The van der Waals surface area contributed by atoms with Gasteiger partial charge in [0.05, 0.1) is 37.6 Å². The molecule has 0 aromatic heterocycles. The fourth-order valence-electron chi connectivity index (χ4n) is 14.6. The summed E-state index contributed by atoms with van der Waals surface area (Å²) in [5, 5.41) is 6.06. The molecule has 1 fully saturated rings. The smallest absolute Gasteiger partial charge is 0.467 e. The van der Waals surface area contributed by atoms with E-state index < -0.39 is 64.0 Å². The lowest BCUT2D eigenvalue weighted by molar-refractivity contribution is -0.144. The molecular weight excluding hydrogens is 1500 g/mol. The third-order valence-corrected chi connectivity index (χ3v) is 34.3. The van der Waals surface area contributed by atoms with Crippen LogP contribution in [0.2, 0.25) is 41.3 Å². The molecule has 6 aromatic carbocycles. The molecule has 0 aliphatic carbocycles. The van der Waals surface area contributed by atoms with Gasteiger partial charge in [-0.05, 0) is 285 Å². The van der Waals surface area contributed by atoms with Crippen LogP contribution in [0.4, 0.5) is 9.59 Å². The number of esters is 2. The molecule has 2 amide bonds. The highest BCUT2D eigenvalue weighted by Crippen LogP contribution is 2.47. The van der Waals surface area contributed by atoms with Crippen LogP contribution < -0.4 is 16.1 Å². The molecule has 1 heterocycles. The summed E-state index contributed by atoms with van der Waals surface area (Å²) in [6.07, 6.45) is 7.23. The lowest BCUT2D eigenvalue weighted by Gasteiger charge is -2.43. The van der Waals surface area contributed by atoms with Gasteiger partial charge in [-0.1, -0.05) is 237 Å². The van der Waals surface area contributed by atoms with Gasteiger partial charge in [-0.2, -0.15) is 0 Å². The van der Waals surface area contributed by atoms with E-state index in [0.29, 0.717) is 16.1 Å². The number of nitrogens with one attached hydrogen (secondary N) is 2. The number of amides is 2. The molecule has 0 radical (unpaired) electrons. The van der Waals surface area contributed by atoms with Crippen LogP contribution in [0.15, 0.2) is 121 Å². The zero-order chi connectivity index (χ0) is 88.3. The zero-order valence-corrected chi connectivity index (χ0v) is 81.1. The number of hydrogen-bond donors (Lipinski definition) is 2. The maximum absolute atomic E-state index is 12.6. The zero-order valence-electron chi connectivity index (χ0n) is 78.4. The van der Waals surface area contributed by atoms with E-state index in [9.17, 15) is 19.2 Å². The third-order valence-electron chi connectivity index (χ3n) is 25.0. The molecule has 1 aliphatic rings. The van der Waals surface area contributed by atoms with E-state index in [-0.39, 0.29) is 62.3 Å². The van der Waals surface area contributed by atoms with Gasteiger partial charge in [0.25, 0.3) is 0 Å². The highest BCUT2D eigenvalue weighted by atomic mass is 35.5. The van der Waals surface area contributed by atoms with E-state index >= 15 is 0 Å². The fraction of sp³-hybridized carbons (Fsp3) is 0.592. The second-order valence-electron chi connectivity index (χ2n) is 40.5. The molecule has 1 aliphatic heterocycles. The van der Waals surface area contributed by atoms with Gasteiger partial charge in [0, 0.05) is 15.9 Å². The maximum atomic E-state index is 12.6. The van der Waals surface area contributed by atoms with Gasteiger partial charge >= 0.3 is 31.2 Å². The summed E-state index contributed by atoms with van der Waals surface area (Å²) in [4.78, 5) is 48.7. The van der Waals surface area contributed by atoms with Crippen LogP contribution in [-0.2, 0) is 70.4 Å². The molecule has 2 N–H and O–H groups in total. The minimum atomic E-state index is -1.90. The van der Waals surface area contributed by atoms with Crippen molar-refractivity contribution < 1.29 is 56.3 Å². The van der Waals surface area contributed by atoms with Crippen LogP contribution in [0.25, 0.3) is 11.1 Å². The Morgan fingerprint density at radius 3 is 1.06 bits per heavy atom. The summed E-state index contributed by atoms with van der Waals surface area (Å²) in [6.45, 7) is 74.6. The summed E-state index contributed by atoms with van der Waals surface area (Å²) in [7, 11) is -1.54. The van der Waals surface area contributed by atoms with Crippen LogP contribution in [0.3, 0.4) is 0 Å². The number of carbonyl (C=O) groups excluding carboxylic acids is 4. The first kappa shape index (κ1) is 100.0. The Morgan fingerprint density at radius 2 is 0.767 bits per heavy atom. The molecule has 642 valence electrons. The van der Waals surface area contributed by atoms with Crippen LogP contribution in [0.5, 0.6) is 0 Å². The van der Waals surface area contributed by atoms with Crippen LogP contribution in [-0.4, -0.2) is 96.7 Å². The Labute approximate surface area is 709 Å². The normalized spacial score (nSPS) is 15.3. The fourth-order valence-corrected chi connectivity index (χ4v) is 17.8.